The molecule has 0 aliphatic heterocycles. The van der Waals surface area contributed by atoms with Crippen LogP contribution in [0.5, 0.6) is 0 Å². The number of rotatable bonds is 6. The first-order valence-electron chi connectivity index (χ1n) is 6.45. The summed E-state index contributed by atoms with van der Waals surface area (Å²) in [4.78, 5) is 2.28. The second kappa shape index (κ2) is 6.62. The predicted molar refractivity (Wildman–Crippen MR) is 72.8 cm³/mol. The van der Waals surface area contributed by atoms with Gasteiger partial charge in [0.05, 0.1) is 0 Å². The summed E-state index contributed by atoms with van der Waals surface area (Å²) in [7, 11) is 0. The van der Waals surface area contributed by atoms with Crippen molar-refractivity contribution in [3.05, 3.63) is 35.4 Å². The number of benzene rings is 1. The predicted octanol–water partition coefficient (Wildman–Crippen LogP) is 4.10. The third kappa shape index (κ3) is 3.29. The van der Waals surface area contributed by atoms with Crippen LogP contribution in [0.2, 0.25) is 0 Å². The van der Waals surface area contributed by atoms with E-state index in [2.05, 4.69) is 20.8 Å². The van der Waals surface area contributed by atoms with Crippen LogP contribution in [-0.4, -0.2) is 22.8 Å². The van der Waals surface area contributed by atoms with Crippen molar-refractivity contribution >= 4 is 15.9 Å². The highest BCUT2D eigenvalue weighted by Crippen LogP contribution is 2.27. The van der Waals surface area contributed by atoms with Crippen molar-refractivity contribution in [3.8, 4) is 0 Å². The fourth-order valence-electron chi connectivity index (χ4n) is 2.29. The smallest absolute Gasteiger partial charge is 0.163 e. The van der Waals surface area contributed by atoms with Crippen LogP contribution in [0.4, 0.5) is 8.78 Å². The number of hydrogen-bond donors (Lipinski definition) is 0. The van der Waals surface area contributed by atoms with Gasteiger partial charge in [-0.05, 0) is 31.9 Å². The van der Waals surface area contributed by atoms with Crippen LogP contribution in [0.1, 0.15) is 31.2 Å². The Morgan fingerprint density at radius 3 is 2.67 bits per heavy atom. The van der Waals surface area contributed by atoms with Gasteiger partial charge in [-0.25, -0.2) is 8.78 Å². The van der Waals surface area contributed by atoms with Crippen molar-refractivity contribution in [1.82, 2.24) is 4.90 Å². The average molecular weight is 318 g/mol. The molecular weight excluding hydrogens is 300 g/mol. The molecular formula is C14H18BrF2N. The molecule has 0 heterocycles. The molecule has 1 aromatic rings. The first-order valence-corrected chi connectivity index (χ1v) is 7.57. The fourth-order valence-corrected chi connectivity index (χ4v) is 2.55. The molecule has 4 heteroatoms. The number of alkyl halides is 1. The summed E-state index contributed by atoms with van der Waals surface area (Å²) in [5.41, 5.74) is 0.469. The molecule has 0 radical (unpaired) electrons. The van der Waals surface area contributed by atoms with Gasteiger partial charge < -0.3 is 0 Å². The van der Waals surface area contributed by atoms with E-state index >= 15 is 0 Å². The maximum atomic E-state index is 13.7. The second-order valence-electron chi connectivity index (χ2n) is 4.81. The lowest BCUT2D eigenvalue weighted by Crippen LogP contribution is -2.40. The largest absolute Gasteiger partial charge is 0.296 e. The standard InChI is InChI=1S/C14H18BrF2N/c15-8-3-9-18(12-5-2-6-12)10-11-4-1-7-13(16)14(11)17/h1,4,7,12H,2-3,5-6,8-10H2. The summed E-state index contributed by atoms with van der Waals surface area (Å²) in [6.45, 7) is 1.45. The summed E-state index contributed by atoms with van der Waals surface area (Å²) >= 11 is 3.42. The Kier molecular flexibility index (Phi) is 5.13. The molecule has 0 spiro atoms. The highest BCUT2D eigenvalue weighted by molar-refractivity contribution is 9.09. The van der Waals surface area contributed by atoms with E-state index in [9.17, 15) is 8.78 Å². The summed E-state index contributed by atoms with van der Waals surface area (Å²) in [5, 5.41) is 0.946. The van der Waals surface area contributed by atoms with Gasteiger partial charge in [0.2, 0.25) is 0 Å². The molecule has 1 aromatic carbocycles. The third-order valence-electron chi connectivity index (χ3n) is 3.58. The van der Waals surface area contributed by atoms with Crippen LogP contribution in [0, 0.1) is 11.6 Å². The molecule has 1 aliphatic carbocycles. The second-order valence-corrected chi connectivity index (χ2v) is 5.60. The minimum absolute atomic E-state index is 0.469. The van der Waals surface area contributed by atoms with Crippen LogP contribution in [0.15, 0.2) is 18.2 Å². The van der Waals surface area contributed by atoms with Crippen molar-refractivity contribution in [2.75, 3.05) is 11.9 Å². The van der Waals surface area contributed by atoms with Gasteiger partial charge in [0, 0.05) is 23.5 Å². The van der Waals surface area contributed by atoms with E-state index in [-0.39, 0.29) is 0 Å². The van der Waals surface area contributed by atoms with E-state index in [1.54, 1.807) is 12.1 Å². The molecule has 0 unspecified atom stereocenters. The molecule has 1 nitrogen and oxygen atoms in total. The molecule has 2 rings (SSSR count). The maximum absolute atomic E-state index is 13.7. The molecule has 0 bridgehead atoms. The zero-order valence-corrected chi connectivity index (χ0v) is 11.9. The van der Waals surface area contributed by atoms with Gasteiger partial charge in [-0.1, -0.05) is 34.5 Å². The Bertz CT molecular complexity index is 393. The minimum Gasteiger partial charge on any atom is -0.296 e. The lowest BCUT2D eigenvalue weighted by Gasteiger charge is -2.37. The highest BCUT2D eigenvalue weighted by Gasteiger charge is 2.25. The SMILES string of the molecule is Fc1cccc(CN(CCCBr)C2CCC2)c1F. The quantitative estimate of drug-likeness (QED) is 0.714. The summed E-state index contributed by atoms with van der Waals surface area (Å²) < 4.78 is 26.8. The summed E-state index contributed by atoms with van der Waals surface area (Å²) in [5.74, 6) is -1.44. The fraction of sp³-hybridized carbons (Fsp3) is 0.571. The lowest BCUT2D eigenvalue weighted by molar-refractivity contribution is 0.118. The summed E-state index contributed by atoms with van der Waals surface area (Å²) in [6.07, 6.45) is 4.65. The topological polar surface area (TPSA) is 3.24 Å². The zero-order chi connectivity index (χ0) is 13.0. The molecule has 0 saturated heterocycles. The van der Waals surface area contributed by atoms with Crippen LogP contribution in [0.3, 0.4) is 0 Å². The molecule has 1 fully saturated rings. The van der Waals surface area contributed by atoms with Crippen molar-refractivity contribution in [3.63, 3.8) is 0 Å². The van der Waals surface area contributed by atoms with Gasteiger partial charge >= 0.3 is 0 Å². The molecule has 0 N–H and O–H groups in total. The molecule has 0 amide bonds. The van der Waals surface area contributed by atoms with Crippen molar-refractivity contribution in [2.24, 2.45) is 0 Å². The first kappa shape index (κ1) is 13.9. The number of nitrogens with zero attached hydrogens (tertiary/aromatic N) is 1. The Morgan fingerprint density at radius 1 is 1.28 bits per heavy atom. The van der Waals surface area contributed by atoms with Crippen LogP contribution in [-0.2, 0) is 6.54 Å². The normalized spacial score (nSPS) is 16.0. The van der Waals surface area contributed by atoms with Gasteiger partial charge in [0.1, 0.15) is 0 Å². The van der Waals surface area contributed by atoms with Crippen molar-refractivity contribution in [2.45, 2.75) is 38.3 Å². The molecule has 1 saturated carbocycles. The molecule has 0 aromatic heterocycles. The van der Waals surface area contributed by atoms with E-state index < -0.39 is 11.6 Å². The van der Waals surface area contributed by atoms with Crippen LogP contribution in [0.25, 0.3) is 0 Å². The van der Waals surface area contributed by atoms with Gasteiger partial charge in [-0.3, -0.25) is 4.90 Å². The highest BCUT2D eigenvalue weighted by atomic mass is 79.9. The van der Waals surface area contributed by atoms with E-state index in [0.717, 1.165) is 18.3 Å². The number of hydrogen-bond acceptors (Lipinski definition) is 1. The zero-order valence-electron chi connectivity index (χ0n) is 10.3. The Morgan fingerprint density at radius 2 is 2.06 bits per heavy atom. The summed E-state index contributed by atoms with van der Waals surface area (Å²) in [6, 6.07) is 4.98. The molecule has 1 aliphatic rings. The monoisotopic (exact) mass is 317 g/mol. The molecule has 18 heavy (non-hydrogen) atoms. The Balaban J connectivity index is 2.04. The van der Waals surface area contributed by atoms with Gasteiger partial charge in [0.25, 0.3) is 0 Å². The van der Waals surface area contributed by atoms with Crippen molar-refractivity contribution < 1.29 is 8.78 Å². The van der Waals surface area contributed by atoms with Crippen molar-refractivity contribution in [1.29, 1.82) is 0 Å². The van der Waals surface area contributed by atoms with E-state index in [1.807, 2.05) is 0 Å². The van der Waals surface area contributed by atoms with E-state index in [0.29, 0.717) is 18.2 Å². The minimum atomic E-state index is -0.749. The van der Waals surface area contributed by atoms with E-state index in [1.165, 1.54) is 25.3 Å². The van der Waals surface area contributed by atoms with Crippen LogP contribution < -0.4 is 0 Å². The Labute approximate surface area is 115 Å². The average Bonchev–Trinajstić information content (AvgIpc) is 2.29. The molecule has 0 atom stereocenters. The Hall–Kier alpha value is -0.480. The lowest BCUT2D eigenvalue weighted by atomic mass is 9.91. The van der Waals surface area contributed by atoms with Crippen LogP contribution >= 0.6 is 15.9 Å². The van der Waals surface area contributed by atoms with Gasteiger partial charge in [0.15, 0.2) is 11.6 Å². The maximum Gasteiger partial charge on any atom is 0.163 e. The number of halogens is 3. The third-order valence-corrected chi connectivity index (χ3v) is 4.14. The van der Waals surface area contributed by atoms with E-state index in [4.69, 9.17) is 0 Å². The first-order chi connectivity index (χ1) is 8.72. The van der Waals surface area contributed by atoms with Gasteiger partial charge in [-0.2, -0.15) is 0 Å². The molecule has 100 valence electrons. The van der Waals surface area contributed by atoms with Gasteiger partial charge in [-0.15, -0.1) is 0 Å².